The highest BCUT2D eigenvalue weighted by Crippen LogP contribution is 2.44. The lowest BCUT2D eigenvalue weighted by Crippen LogP contribution is -2.54. The predicted octanol–water partition coefficient (Wildman–Crippen LogP) is 7.91. The van der Waals surface area contributed by atoms with Crippen LogP contribution in [0, 0.1) is 11.8 Å². The molecule has 0 unspecified atom stereocenters. The van der Waals surface area contributed by atoms with Crippen LogP contribution in [-0.2, 0) is 0 Å². The van der Waals surface area contributed by atoms with Crippen LogP contribution in [0.15, 0.2) is 0 Å². The third-order valence-electron chi connectivity index (χ3n) is 13.3. The molecule has 230 valence electrons. The van der Waals surface area contributed by atoms with Crippen molar-refractivity contribution in [1.29, 1.82) is 0 Å². The van der Waals surface area contributed by atoms with Crippen molar-refractivity contribution in [3.05, 3.63) is 0 Å². The summed E-state index contributed by atoms with van der Waals surface area (Å²) in [6.07, 6.45) is 37.2. The van der Waals surface area contributed by atoms with Gasteiger partial charge in [-0.1, -0.05) is 38.5 Å². The second kappa shape index (κ2) is 14.5. The summed E-state index contributed by atoms with van der Waals surface area (Å²) in [7, 11) is 0. The van der Waals surface area contributed by atoms with E-state index in [1.54, 1.807) is 0 Å². The van der Waals surface area contributed by atoms with Crippen LogP contribution >= 0.6 is 0 Å². The smallest absolute Gasteiger partial charge is 0.0102 e. The van der Waals surface area contributed by atoms with E-state index in [1.165, 1.54) is 167 Å². The highest BCUT2D eigenvalue weighted by molar-refractivity contribution is 4.96. The fraction of sp³-hybridized carbons (Fsp3) is 1.00. The van der Waals surface area contributed by atoms with E-state index < -0.39 is 0 Å². The molecule has 0 radical (unpaired) electrons. The lowest BCUT2D eigenvalue weighted by molar-refractivity contribution is -0.00602. The molecular formula is C36H66N4. The maximum atomic E-state index is 6.35. The first-order valence-corrected chi connectivity index (χ1v) is 18.7. The van der Waals surface area contributed by atoms with Crippen molar-refractivity contribution in [3.63, 3.8) is 0 Å². The monoisotopic (exact) mass is 555 g/mol. The van der Waals surface area contributed by atoms with Crippen LogP contribution in [0.5, 0.6) is 0 Å². The molecule has 0 atom stereocenters. The SMILES string of the molecule is NC1CCC(N(C2CCCCC2)C2CCC(C3CCC(N(C4CCCCC4)C4CCC(N)CC4)CC3)CC2)CC1. The molecule has 0 aromatic rings. The van der Waals surface area contributed by atoms with E-state index in [-0.39, 0.29) is 0 Å². The van der Waals surface area contributed by atoms with Gasteiger partial charge >= 0.3 is 0 Å². The maximum absolute atomic E-state index is 6.35. The molecule has 0 aliphatic heterocycles. The van der Waals surface area contributed by atoms with Gasteiger partial charge in [-0.2, -0.15) is 0 Å². The quantitative estimate of drug-likeness (QED) is 0.336. The summed E-state index contributed by atoms with van der Waals surface area (Å²) in [6, 6.07) is 6.11. The van der Waals surface area contributed by atoms with Gasteiger partial charge in [-0.25, -0.2) is 0 Å². The van der Waals surface area contributed by atoms with Crippen molar-refractivity contribution in [2.75, 3.05) is 0 Å². The zero-order chi connectivity index (χ0) is 27.3. The van der Waals surface area contributed by atoms with Crippen molar-refractivity contribution in [2.45, 2.75) is 215 Å². The van der Waals surface area contributed by atoms with Gasteiger partial charge in [0.05, 0.1) is 0 Å². The largest absolute Gasteiger partial charge is 0.328 e. The fourth-order valence-corrected chi connectivity index (χ4v) is 11.1. The Morgan fingerprint density at radius 1 is 0.275 bits per heavy atom. The third kappa shape index (κ3) is 7.31. The van der Waals surface area contributed by atoms with Gasteiger partial charge in [0.25, 0.3) is 0 Å². The number of rotatable bonds is 7. The third-order valence-corrected chi connectivity index (χ3v) is 13.3. The zero-order valence-electron chi connectivity index (χ0n) is 26.2. The molecule has 0 aromatic heterocycles. The van der Waals surface area contributed by atoms with E-state index in [0.29, 0.717) is 12.1 Å². The summed E-state index contributed by atoms with van der Waals surface area (Å²) >= 11 is 0. The average molecular weight is 555 g/mol. The van der Waals surface area contributed by atoms with Crippen molar-refractivity contribution in [1.82, 2.24) is 9.80 Å². The van der Waals surface area contributed by atoms with Gasteiger partial charge in [-0.3, -0.25) is 9.80 Å². The van der Waals surface area contributed by atoms with Crippen LogP contribution in [-0.4, -0.2) is 58.1 Å². The van der Waals surface area contributed by atoms with E-state index in [1.807, 2.05) is 0 Å². The van der Waals surface area contributed by atoms with Crippen molar-refractivity contribution < 1.29 is 0 Å². The van der Waals surface area contributed by atoms with Crippen molar-refractivity contribution in [2.24, 2.45) is 23.3 Å². The van der Waals surface area contributed by atoms with E-state index in [4.69, 9.17) is 11.5 Å². The molecule has 6 saturated carbocycles. The van der Waals surface area contributed by atoms with Crippen LogP contribution in [0.4, 0.5) is 0 Å². The molecule has 0 bridgehead atoms. The molecule has 4 N–H and O–H groups in total. The summed E-state index contributed by atoms with van der Waals surface area (Å²) in [5, 5.41) is 0. The first-order chi connectivity index (χ1) is 19.7. The molecule has 40 heavy (non-hydrogen) atoms. The van der Waals surface area contributed by atoms with E-state index in [0.717, 1.165) is 48.1 Å². The minimum Gasteiger partial charge on any atom is -0.328 e. The van der Waals surface area contributed by atoms with Crippen molar-refractivity contribution >= 4 is 0 Å². The number of hydrogen-bond donors (Lipinski definition) is 2. The van der Waals surface area contributed by atoms with Crippen molar-refractivity contribution in [3.8, 4) is 0 Å². The van der Waals surface area contributed by atoms with Gasteiger partial charge < -0.3 is 11.5 Å². The van der Waals surface area contributed by atoms with Gasteiger partial charge in [0.15, 0.2) is 0 Å². The molecule has 6 aliphatic rings. The fourth-order valence-electron chi connectivity index (χ4n) is 11.1. The Bertz CT molecular complexity index is 651. The topological polar surface area (TPSA) is 58.5 Å². The Morgan fingerprint density at radius 3 is 0.825 bits per heavy atom. The molecule has 0 saturated heterocycles. The molecule has 6 aliphatic carbocycles. The molecule has 6 rings (SSSR count). The highest BCUT2D eigenvalue weighted by atomic mass is 15.2. The minimum absolute atomic E-state index is 0.472. The lowest BCUT2D eigenvalue weighted by Gasteiger charge is -2.51. The Balaban J connectivity index is 1.03. The standard InChI is InChI=1S/C36H66N4/c37-29-15-23-35(24-16-29)39(31-7-3-1-4-8-31)33-19-11-27(12-20-33)28-13-21-34(22-14-28)40(32-9-5-2-6-10-32)36-25-17-30(38)18-26-36/h27-36H,1-26,37-38H2. The summed E-state index contributed by atoms with van der Waals surface area (Å²) in [5.74, 6) is 2.03. The average Bonchev–Trinajstić information content (AvgIpc) is 3.01. The van der Waals surface area contributed by atoms with E-state index in [9.17, 15) is 0 Å². The van der Waals surface area contributed by atoms with Gasteiger partial charge in [0.1, 0.15) is 0 Å². The Kier molecular flexibility index (Phi) is 10.9. The lowest BCUT2D eigenvalue weighted by atomic mass is 9.70. The maximum Gasteiger partial charge on any atom is 0.0102 e. The first kappa shape index (κ1) is 29.9. The van der Waals surface area contributed by atoms with Crippen LogP contribution in [0.2, 0.25) is 0 Å². The highest BCUT2D eigenvalue weighted by Gasteiger charge is 2.41. The van der Waals surface area contributed by atoms with E-state index >= 15 is 0 Å². The molecule has 4 nitrogen and oxygen atoms in total. The summed E-state index contributed by atoms with van der Waals surface area (Å²) in [5.41, 5.74) is 12.7. The van der Waals surface area contributed by atoms with Crippen LogP contribution in [0.25, 0.3) is 0 Å². The van der Waals surface area contributed by atoms with Gasteiger partial charge in [0.2, 0.25) is 0 Å². The van der Waals surface area contributed by atoms with Gasteiger partial charge in [-0.05, 0) is 140 Å². The van der Waals surface area contributed by atoms with Crippen LogP contribution < -0.4 is 11.5 Å². The molecule has 0 amide bonds. The van der Waals surface area contributed by atoms with Crippen LogP contribution in [0.1, 0.15) is 167 Å². The molecule has 0 aromatic carbocycles. The Labute approximate surface area is 248 Å². The number of nitrogens with zero attached hydrogens (tertiary/aromatic N) is 2. The number of nitrogens with two attached hydrogens (primary N) is 2. The zero-order valence-corrected chi connectivity index (χ0v) is 26.2. The first-order valence-electron chi connectivity index (χ1n) is 18.7. The Hall–Kier alpha value is -0.160. The molecule has 6 fully saturated rings. The molecular weight excluding hydrogens is 488 g/mol. The predicted molar refractivity (Wildman–Crippen MR) is 169 cm³/mol. The molecule has 4 heteroatoms. The Morgan fingerprint density at radius 2 is 0.525 bits per heavy atom. The summed E-state index contributed by atoms with van der Waals surface area (Å²) in [6.45, 7) is 0. The molecule has 0 heterocycles. The second-order valence-corrected chi connectivity index (χ2v) is 15.8. The van der Waals surface area contributed by atoms with Crippen LogP contribution in [0.3, 0.4) is 0 Å². The molecule has 0 spiro atoms. The van der Waals surface area contributed by atoms with E-state index in [2.05, 4.69) is 9.80 Å². The normalized spacial score (nSPS) is 41.4. The summed E-state index contributed by atoms with van der Waals surface area (Å²) in [4.78, 5) is 6.27. The van der Waals surface area contributed by atoms with Gasteiger partial charge in [-0.15, -0.1) is 0 Å². The number of hydrogen-bond acceptors (Lipinski definition) is 4. The minimum atomic E-state index is 0.472. The second-order valence-electron chi connectivity index (χ2n) is 15.8. The summed E-state index contributed by atoms with van der Waals surface area (Å²) < 4.78 is 0. The van der Waals surface area contributed by atoms with Gasteiger partial charge in [0, 0.05) is 48.3 Å².